The summed E-state index contributed by atoms with van der Waals surface area (Å²) in [5.41, 5.74) is -0.482. The molecule has 0 amide bonds. The largest absolute Gasteiger partial charge is 0.326 e. The molecule has 1 atom stereocenters. The maximum absolute atomic E-state index is 12.4. The van der Waals surface area contributed by atoms with Gasteiger partial charge in [-0.05, 0) is 25.3 Å². The van der Waals surface area contributed by atoms with E-state index in [1.54, 1.807) is 0 Å². The van der Waals surface area contributed by atoms with Gasteiger partial charge in [0.25, 0.3) is 5.56 Å². The monoisotopic (exact) mass is 290 g/mol. The molecule has 0 spiro atoms. The second-order valence-corrected chi connectivity index (χ2v) is 6.63. The van der Waals surface area contributed by atoms with Crippen LogP contribution in [0.5, 0.6) is 0 Å². The van der Waals surface area contributed by atoms with Crippen molar-refractivity contribution in [2.24, 2.45) is 0 Å². The fraction of sp³-hybridized carbons (Fsp3) is 0.545. The molecule has 0 aromatic carbocycles. The van der Waals surface area contributed by atoms with E-state index in [1.165, 1.54) is 16.6 Å². The second kappa shape index (κ2) is 5.03. The van der Waals surface area contributed by atoms with Gasteiger partial charge in [-0.15, -0.1) is 0 Å². The Balaban J connectivity index is 2.41. The van der Waals surface area contributed by atoms with Crippen molar-refractivity contribution < 1.29 is 8.42 Å². The average Bonchev–Trinajstić information content (AvgIpc) is 2.81. The number of hydrogen-bond donors (Lipinski definition) is 1. The Hall–Kier alpha value is -0.850. The van der Waals surface area contributed by atoms with Crippen LogP contribution in [0.3, 0.4) is 0 Å². The quantitative estimate of drug-likeness (QED) is 0.919. The Bertz CT molecular complexity index is 597. The highest BCUT2D eigenvalue weighted by atomic mass is 35.5. The summed E-state index contributed by atoms with van der Waals surface area (Å²) in [5, 5.41) is -0.108. The predicted molar refractivity (Wildman–Crippen MR) is 69.3 cm³/mol. The highest BCUT2D eigenvalue weighted by Crippen LogP contribution is 2.27. The SMILES string of the molecule is CCC1CCCN1S(=O)(=O)c1c[nH]c(=O)c(Cl)c1. The summed E-state index contributed by atoms with van der Waals surface area (Å²) in [5.74, 6) is 0. The van der Waals surface area contributed by atoms with Gasteiger partial charge < -0.3 is 4.98 Å². The number of H-pyrrole nitrogens is 1. The van der Waals surface area contributed by atoms with Crippen molar-refractivity contribution in [1.29, 1.82) is 0 Å². The Kier molecular flexibility index (Phi) is 3.79. The molecule has 100 valence electrons. The maximum Gasteiger partial charge on any atom is 0.266 e. The molecule has 0 saturated carbocycles. The van der Waals surface area contributed by atoms with Gasteiger partial charge in [0.05, 0.1) is 4.90 Å². The molecule has 1 aromatic heterocycles. The van der Waals surface area contributed by atoms with Crippen molar-refractivity contribution in [2.75, 3.05) is 6.54 Å². The third-order valence-electron chi connectivity index (χ3n) is 3.23. The Morgan fingerprint density at radius 3 is 2.89 bits per heavy atom. The van der Waals surface area contributed by atoms with Crippen LogP contribution in [0.4, 0.5) is 0 Å². The zero-order valence-electron chi connectivity index (χ0n) is 10.0. The summed E-state index contributed by atoms with van der Waals surface area (Å²) in [6.45, 7) is 2.50. The van der Waals surface area contributed by atoms with Gasteiger partial charge in [-0.25, -0.2) is 8.42 Å². The summed E-state index contributed by atoms with van der Waals surface area (Å²) in [6, 6.07) is 1.25. The number of aromatic nitrogens is 1. The lowest BCUT2D eigenvalue weighted by Crippen LogP contribution is -2.35. The van der Waals surface area contributed by atoms with Gasteiger partial charge in [-0.1, -0.05) is 18.5 Å². The van der Waals surface area contributed by atoms with E-state index >= 15 is 0 Å². The van der Waals surface area contributed by atoms with E-state index in [-0.39, 0.29) is 16.0 Å². The summed E-state index contributed by atoms with van der Waals surface area (Å²) in [4.78, 5) is 13.5. The van der Waals surface area contributed by atoms with Crippen LogP contribution < -0.4 is 5.56 Å². The van der Waals surface area contributed by atoms with Crippen LogP contribution in [-0.4, -0.2) is 30.3 Å². The molecule has 0 bridgehead atoms. The summed E-state index contributed by atoms with van der Waals surface area (Å²) in [6.07, 6.45) is 3.74. The van der Waals surface area contributed by atoms with E-state index < -0.39 is 15.6 Å². The van der Waals surface area contributed by atoms with E-state index in [2.05, 4.69) is 4.98 Å². The van der Waals surface area contributed by atoms with Crippen molar-refractivity contribution in [1.82, 2.24) is 9.29 Å². The van der Waals surface area contributed by atoms with Crippen molar-refractivity contribution >= 4 is 21.6 Å². The average molecular weight is 291 g/mol. The fourth-order valence-corrected chi connectivity index (χ4v) is 4.25. The topological polar surface area (TPSA) is 70.2 Å². The molecule has 1 saturated heterocycles. The van der Waals surface area contributed by atoms with Crippen LogP contribution in [0.25, 0.3) is 0 Å². The molecule has 1 N–H and O–H groups in total. The smallest absolute Gasteiger partial charge is 0.266 e. The predicted octanol–water partition coefficient (Wildman–Crippen LogP) is 1.59. The van der Waals surface area contributed by atoms with Gasteiger partial charge in [-0.2, -0.15) is 4.31 Å². The van der Waals surface area contributed by atoms with Gasteiger partial charge in [-0.3, -0.25) is 4.79 Å². The number of rotatable bonds is 3. The molecule has 5 nitrogen and oxygen atoms in total. The third kappa shape index (κ3) is 2.32. The van der Waals surface area contributed by atoms with Crippen LogP contribution in [0.15, 0.2) is 22.0 Å². The Labute approximate surface area is 111 Å². The van der Waals surface area contributed by atoms with Crippen molar-refractivity contribution in [3.05, 3.63) is 27.6 Å². The van der Waals surface area contributed by atoms with E-state index in [1.807, 2.05) is 6.92 Å². The number of aromatic amines is 1. The van der Waals surface area contributed by atoms with Gasteiger partial charge >= 0.3 is 0 Å². The lowest BCUT2D eigenvalue weighted by molar-refractivity contribution is 0.379. The first-order valence-electron chi connectivity index (χ1n) is 5.87. The van der Waals surface area contributed by atoms with Gasteiger partial charge in [0, 0.05) is 18.8 Å². The lowest BCUT2D eigenvalue weighted by atomic mass is 10.2. The van der Waals surface area contributed by atoms with Crippen LogP contribution in [0.1, 0.15) is 26.2 Å². The molecule has 1 aromatic rings. The molecule has 1 unspecified atom stereocenters. The molecule has 1 fully saturated rings. The number of halogens is 1. The highest BCUT2D eigenvalue weighted by molar-refractivity contribution is 7.89. The number of nitrogens with one attached hydrogen (secondary N) is 1. The standard InChI is InChI=1S/C11H15ClN2O3S/c1-2-8-4-3-5-14(8)18(16,17)9-6-10(12)11(15)13-7-9/h6-8H,2-5H2,1H3,(H,13,15). The number of sulfonamides is 1. The fourth-order valence-electron chi connectivity index (χ4n) is 2.26. The van der Waals surface area contributed by atoms with Crippen molar-refractivity contribution in [3.63, 3.8) is 0 Å². The first kappa shape index (κ1) is 13.6. The number of pyridine rings is 1. The molecule has 7 heteroatoms. The Morgan fingerprint density at radius 2 is 2.28 bits per heavy atom. The zero-order valence-corrected chi connectivity index (χ0v) is 11.6. The molecule has 18 heavy (non-hydrogen) atoms. The number of hydrogen-bond acceptors (Lipinski definition) is 3. The minimum atomic E-state index is -3.56. The molecule has 0 aliphatic carbocycles. The van der Waals surface area contributed by atoms with Gasteiger partial charge in [0.2, 0.25) is 10.0 Å². The normalized spacial score (nSPS) is 21.3. The van der Waals surface area contributed by atoms with Gasteiger partial charge in [0.1, 0.15) is 5.02 Å². The maximum atomic E-state index is 12.4. The third-order valence-corrected chi connectivity index (χ3v) is 5.44. The van der Waals surface area contributed by atoms with E-state index in [4.69, 9.17) is 11.6 Å². The summed E-state index contributed by atoms with van der Waals surface area (Å²) in [7, 11) is -3.56. The van der Waals surface area contributed by atoms with Crippen LogP contribution in [0, 0.1) is 0 Å². The minimum absolute atomic E-state index is 0.0423. The zero-order chi connectivity index (χ0) is 13.3. The van der Waals surface area contributed by atoms with E-state index in [0.717, 1.165) is 19.3 Å². The molecule has 2 rings (SSSR count). The summed E-state index contributed by atoms with van der Waals surface area (Å²) >= 11 is 5.67. The first-order valence-corrected chi connectivity index (χ1v) is 7.68. The Morgan fingerprint density at radius 1 is 1.56 bits per heavy atom. The van der Waals surface area contributed by atoms with Gasteiger partial charge in [0.15, 0.2) is 0 Å². The van der Waals surface area contributed by atoms with Crippen molar-refractivity contribution in [2.45, 2.75) is 37.1 Å². The van der Waals surface area contributed by atoms with Crippen molar-refractivity contribution in [3.8, 4) is 0 Å². The molecular formula is C11H15ClN2O3S. The molecular weight excluding hydrogens is 276 g/mol. The van der Waals surface area contributed by atoms with Crippen LogP contribution >= 0.6 is 11.6 Å². The van der Waals surface area contributed by atoms with E-state index in [9.17, 15) is 13.2 Å². The number of nitrogens with zero attached hydrogens (tertiary/aromatic N) is 1. The molecule has 1 aliphatic rings. The second-order valence-electron chi connectivity index (χ2n) is 4.33. The molecule has 0 radical (unpaired) electrons. The molecule has 2 heterocycles. The summed E-state index contributed by atoms with van der Waals surface area (Å²) < 4.78 is 26.3. The molecule has 1 aliphatic heterocycles. The minimum Gasteiger partial charge on any atom is -0.326 e. The first-order chi connectivity index (χ1) is 8.46. The lowest BCUT2D eigenvalue weighted by Gasteiger charge is -2.22. The van der Waals surface area contributed by atoms with Crippen LogP contribution in [0.2, 0.25) is 5.02 Å². The van der Waals surface area contributed by atoms with Crippen LogP contribution in [-0.2, 0) is 10.0 Å². The highest BCUT2D eigenvalue weighted by Gasteiger charge is 2.34. The van der Waals surface area contributed by atoms with E-state index in [0.29, 0.717) is 6.54 Å².